The lowest BCUT2D eigenvalue weighted by molar-refractivity contribution is 0.618. The van der Waals surface area contributed by atoms with Crippen LogP contribution in [0.15, 0.2) is 6.20 Å². The van der Waals surface area contributed by atoms with Crippen LogP contribution in [0.5, 0.6) is 0 Å². The number of hydrogen-bond donors (Lipinski definition) is 1. The Hall–Kier alpha value is -0.960. The molecule has 3 nitrogen and oxygen atoms in total. The maximum atomic E-state index is 4.67. The number of nitrogens with one attached hydrogen (secondary N) is 1. The highest BCUT2D eigenvalue weighted by molar-refractivity contribution is 5.22. The average Bonchev–Trinajstić information content (AvgIpc) is 2.95. The number of aromatic nitrogens is 2. The predicted molar refractivity (Wildman–Crippen MR) is 54.0 cm³/mol. The smallest absolute Gasteiger partial charge is 0.131 e. The minimum Gasteiger partial charge on any atom is -0.312 e. The van der Waals surface area contributed by atoms with Crippen molar-refractivity contribution in [1.82, 2.24) is 15.3 Å². The molecule has 0 bridgehead atoms. The van der Waals surface area contributed by atoms with E-state index in [9.17, 15) is 0 Å². The van der Waals surface area contributed by atoms with E-state index in [0.29, 0.717) is 5.92 Å². The van der Waals surface area contributed by atoms with E-state index in [1.54, 1.807) is 0 Å². The third-order valence-electron chi connectivity index (χ3n) is 3.27. The van der Waals surface area contributed by atoms with Crippen LogP contribution in [0.25, 0.3) is 0 Å². The molecule has 1 aliphatic carbocycles. The molecular formula is C11H15N3. The molecule has 0 saturated heterocycles. The normalized spacial score (nSPS) is 29.8. The molecule has 0 aromatic carbocycles. The molecule has 1 saturated carbocycles. The zero-order valence-electron chi connectivity index (χ0n) is 8.45. The van der Waals surface area contributed by atoms with E-state index in [4.69, 9.17) is 0 Å². The zero-order chi connectivity index (χ0) is 9.54. The number of hydrogen-bond acceptors (Lipinski definition) is 3. The summed E-state index contributed by atoms with van der Waals surface area (Å²) in [4.78, 5) is 9.13. The average molecular weight is 189 g/mol. The van der Waals surface area contributed by atoms with Crippen LogP contribution < -0.4 is 5.32 Å². The number of rotatable bonds is 1. The van der Waals surface area contributed by atoms with Crippen LogP contribution >= 0.6 is 0 Å². The zero-order valence-corrected chi connectivity index (χ0v) is 8.45. The molecule has 0 radical (unpaired) electrons. The molecular weight excluding hydrogens is 174 g/mol. The molecule has 2 unspecified atom stereocenters. The summed E-state index contributed by atoms with van der Waals surface area (Å²) in [6.07, 6.45) is 4.35. The summed E-state index contributed by atoms with van der Waals surface area (Å²) in [5.41, 5.74) is 2.56. The number of fused-ring (bicyclic) bond motifs is 1. The van der Waals surface area contributed by atoms with Gasteiger partial charge in [-0.1, -0.05) is 6.92 Å². The first-order chi connectivity index (χ1) is 6.84. The summed E-state index contributed by atoms with van der Waals surface area (Å²) in [6.45, 7) is 4.27. The molecule has 1 aliphatic heterocycles. The van der Waals surface area contributed by atoms with Crippen LogP contribution in [0.1, 0.15) is 36.3 Å². The van der Waals surface area contributed by atoms with Gasteiger partial charge in [0.25, 0.3) is 0 Å². The van der Waals surface area contributed by atoms with Crippen molar-refractivity contribution in [3.05, 3.63) is 23.3 Å². The summed E-state index contributed by atoms with van der Waals surface area (Å²) in [5, 5.41) is 3.33. The molecule has 0 amide bonds. The van der Waals surface area contributed by atoms with Gasteiger partial charge in [0.15, 0.2) is 0 Å². The molecule has 74 valence electrons. The monoisotopic (exact) mass is 189 g/mol. The summed E-state index contributed by atoms with van der Waals surface area (Å²) >= 11 is 0. The second-order valence-corrected chi connectivity index (χ2v) is 4.45. The van der Waals surface area contributed by atoms with Crippen LogP contribution in [0.4, 0.5) is 0 Å². The van der Waals surface area contributed by atoms with Crippen molar-refractivity contribution in [3.63, 3.8) is 0 Å². The molecule has 3 heteroatoms. The highest BCUT2D eigenvalue weighted by atomic mass is 14.9. The van der Waals surface area contributed by atoms with Gasteiger partial charge in [0, 0.05) is 42.9 Å². The van der Waals surface area contributed by atoms with E-state index >= 15 is 0 Å². The minimum atomic E-state index is 0.648. The fraction of sp³-hybridized carbons (Fsp3) is 0.636. The van der Waals surface area contributed by atoms with Gasteiger partial charge < -0.3 is 5.32 Å². The minimum absolute atomic E-state index is 0.648. The predicted octanol–water partition coefficient (Wildman–Crippen LogP) is 1.25. The maximum absolute atomic E-state index is 4.67. The van der Waals surface area contributed by atoms with E-state index in [1.165, 1.54) is 17.7 Å². The SMILES string of the molecule is CC1CC1c1ncc2c(n1)CCNC2. The maximum Gasteiger partial charge on any atom is 0.131 e. The van der Waals surface area contributed by atoms with E-state index in [2.05, 4.69) is 22.2 Å². The Morgan fingerprint density at radius 2 is 2.36 bits per heavy atom. The van der Waals surface area contributed by atoms with Crippen molar-refractivity contribution in [2.45, 2.75) is 32.2 Å². The van der Waals surface area contributed by atoms with Crippen LogP contribution in [0, 0.1) is 5.92 Å². The lowest BCUT2D eigenvalue weighted by Crippen LogP contribution is -2.25. The van der Waals surface area contributed by atoms with Crippen LogP contribution in [-0.4, -0.2) is 16.5 Å². The summed E-state index contributed by atoms with van der Waals surface area (Å²) in [6, 6.07) is 0. The second-order valence-electron chi connectivity index (χ2n) is 4.45. The molecule has 2 heterocycles. The van der Waals surface area contributed by atoms with Gasteiger partial charge in [0.1, 0.15) is 5.82 Å². The Balaban J connectivity index is 1.93. The van der Waals surface area contributed by atoms with Crippen molar-refractivity contribution < 1.29 is 0 Å². The van der Waals surface area contributed by atoms with Gasteiger partial charge in [-0.2, -0.15) is 0 Å². The van der Waals surface area contributed by atoms with Gasteiger partial charge in [-0.3, -0.25) is 0 Å². The molecule has 1 aromatic heterocycles. The molecule has 3 rings (SSSR count). The first-order valence-electron chi connectivity index (χ1n) is 5.40. The van der Waals surface area contributed by atoms with Crippen molar-refractivity contribution >= 4 is 0 Å². The highest BCUT2D eigenvalue weighted by Gasteiger charge is 2.36. The lowest BCUT2D eigenvalue weighted by Gasteiger charge is -2.15. The van der Waals surface area contributed by atoms with Crippen molar-refractivity contribution in [1.29, 1.82) is 0 Å². The van der Waals surface area contributed by atoms with E-state index in [-0.39, 0.29) is 0 Å². The first kappa shape index (κ1) is 8.36. The van der Waals surface area contributed by atoms with Gasteiger partial charge in [0.05, 0.1) is 0 Å². The standard InChI is InChI=1S/C11H15N3/c1-7-4-9(7)11-13-6-8-5-12-3-2-10(8)14-11/h6-7,9,12H,2-5H2,1H3. The summed E-state index contributed by atoms with van der Waals surface area (Å²) in [5.74, 6) is 2.53. The Kier molecular flexibility index (Phi) is 1.80. The second kappa shape index (κ2) is 3.02. The Morgan fingerprint density at radius 3 is 3.14 bits per heavy atom. The highest BCUT2D eigenvalue weighted by Crippen LogP contribution is 2.45. The van der Waals surface area contributed by atoms with Crippen molar-refractivity contribution in [2.75, 3.05) is 6.54 Å². The first-order valence-corrected chi connectivity index (χ1v) is 5.40. The summed E-state index contributed by atoms with van der Waals surface area (Å²) in [7, 11) is 0. The fourth-order valence-corrected chi connectivity index (χ4v) is 2.11. The fourth-order valence-electron chi connectivity index (χ4n) is 2.11. The van der Waals surface area contributed by atoms with E-state index in [0.717, 1.165) is 31.3 Å². The molecule has 2 atom stereocenters. The van der Waals surface area contributed by atoms with Crippen LogP contribution in [-0.2, 0) is 13.0 Å². The Morgan fingerprint density at radius 1 is 1.50 bits per heavy atom. The van der Waals surface area contributed by atoms with E-state index < -0.39 is 0 Å². The third kappa shape index (κ3) is 1.32. The van der Waals surface area contributed by atoms with Gasteiger partial charge in [-0.05, 0) is 12.3 Å². The molecule has 14 heavy (non-hydrogen) atoms. The topological polar surface area (TPSA) is 37.8 Å². The molecule has 1 aromatic rings. The molecule has 2 aliphatic rings. The molecule has 0 spiro atoms. The lowest BCUT2D eigenvalue weighted by atomic mass is 10.1. The quantitative estimate of drug-likeness (QED) is 0.722. The van der Waals surface area contributed by atoms with Gasteiger partial charge in [-0.25, -0.2) is 9.97 Å². The largest absolute Gasteiger partial charge is 0.312 e. The van der Waals surface area contributed by atoms with Gasteiger partial charge >= 0.3 is 0 Å². The third-order valence-corrected chi connectivity index (χ3v) is 3.27. The Bertz CT molecular complexity index is 362. The summed E-state index contributed by atoms with van der Waals surface area (Å²) < 4.78 is 0. The van der Waals surface area contributed by atoms with Gasteiger partial charge in [0.2, 0.25) is 0 Å². The van der Waals surface area contributed by atoms with E-state index in [1.807, 2.05) is 6.20 Å². The Labute approximate surface area is 84.0 Å². The van der Waals surface area contributed by atoms with Crippen LogP contribution in [0.2, 0.25) is 0 Å². The van der Waals surface area contributed by atoms with Gasteiger partial charge in [-0.15, -0.1) is 0 Å². The van der Waals surface area contributed by atoms with Crippen LogP contribution in [0.3, 0.4) is 0 Å². The molecule has 1 N–H and O–H groups in total. The van der Waals surface area contributed by atoms with Crippen molar-refractivity contribution in [2.24, 2.45) is 5.92 Å². The van der Waals surface area contributed by atoms with Crippen molar-refractivity contribution in [3.8, 4) is 0 Å². The molecule has 1 fully saturated rings. The number of nitrogens with zero attached hydrogens (tertiary/aromatic N) is 2.